The van der Waals surface area contributed by atoms with Crippen LogP contribution in [0, 0.1) is 13.8 Å². The second kappa shape index (κ2) is 7.78. The summed E-state index contributed by atoms with van der Waals surface area (Å²) < 4.78 is 5.08. The number of ether oxygens (including phenoxy) is 1. The van der Waals surface area contributed by atoms with Gasteiger partial charge in [0.15, 0.2) is 0 Å². The zero-order valence-corrected chi connectivity index (χ0v) is 14.7. The lowest BCUT2D eigenvalue weighted by molar-refractivity contribution is -0.140. The van der Waals surface area contributed by atoms with Crippen LogP contribution < -0.4 is 5.56 Å². The van der Waals surface area contributed by atoms with E-state index in [-0.39, 0.29) is 17.3 Å². The van der Waals surface area contributed by atoms with Gasteiger partial charge in [-0.3, -0.25) is 9.59 Å². The number of fused-ring (bicyclic) bond motifs is 1. The van der Waals surface area contributed by atoms with Crippen LogP contribution in [-0.4, -0.2) is 28.3 Å². The number of nitrogens with zero attached hydrogens (tertiary/aromatic N) is 1. The molecule has 5 nitrogen and oxygen atoms in total. The van der Waals surface area contributed by atoms with E-state index in [1.807, 2.05) is 13.8 Å². The molecule has 2 aromatic heterocycles. The Balaban J connectivity index is 1.95. The molecule has 2 aromatic rings. The van der Waals surface area contributed by atoms with Crippen molar-refractivity contribution in [2.24, 2.45) is 0 Å². The minimum Gasteiger partial charge on any atom is -0.465 e. The molecule has 0 aliphatic carbocycles. The van der Waals surface area contributed by atoms with Gasteiger partial charge in [0, 0.05) is 4.88 Å². The Bertz CT molecular complexity index is 721. The van der Waals surface area contributed by atoms with Crippen LogP contribution >= 0.6 is 23.1 Å². The smallest absolute Gasteiger partial charge is 0.315 e. The number of H-pyrrole nitrogens is 1. The summed E-state index contributed by atoms with van der Waals surface area (Å²) in [6, 6.07) is 0. The molecule has 0 atom stereocenters. The highest BCUT2D eigenvalue weighted by Gasteiger charge is 2.12. The van der Waals surface area contributed by atoms with Gasteiger partial charge in [-0.25, -0.2) is 4.98 Å². The second-order valence-corrected chi connectivity index (χ2v) is 7.23. The monoisotopic (exact) mass is 340 g/mol. The zero-order chi connectivity index (χ0) is 16.1. The van der Waals surface area contributed by atoms with Crippen LogP contribution in [0.25, 0.3) is 10.2 Å². The predicted octanol–water partition coefficient (Wildman–Crippen LogP) is 3.18. The van der Waals surface area contributed by atoms with Crippen molar-refractivity contribution < 1.29 is 9.53 Å². The third-order valence-corrected chi connectivity index (χ3v) is 5.33. The molecule has 0 radical (unpaired) electrons. The Morgan fingerprint density at radius 1 is 1.41 bits per heavy atom. The fourth-order valence-corrected chi connectivity index (χ4v) is 3.70. The number of thioether (sulfide) groups is 1. The van der Waals surface area contributed by atoms with Gasteiger partial charge in [0.05, 0.1) is 23.5 Å². The van der Waals surface area contributed by atoms with Gasteiger partial charge in [-0.15, -0.1) is 23.1 Å². The average molecular weight is 340 g/mol. The molecular formula is C15H20N2O3S2. The van der Waals surface area contributed by atoms with Gasteiger partial charge in [-0.2, -0.15) is 0 Å². The number of hydrogen-bond acceptors (Lipinski definition) is 6. The molecule has 1 N–H and O–H groups in total. The van der Waals surface area contributed by atoms with Gasteiger partial charge in [0.25, 0.3) is 5.56 Å². The van der Waals surface area contributed by atoms with E-state index in [1.165, 1.54) is 23.1 Å². The summed E-state index contributed by atoms with van der Waals surface area (Å²) in [6.07, 6.45) is 1.89. The molecule has 0 saturated carbocycles. The van der Waals surface area contributed by atoms with E-state index in [2.05, 4.69) is 16.9 Å². The fraction of sp³-hybridized carbons (Fsp3) is 0.533. The SMILES string of the molecule is CCCCOC(=O)CSCc1nc2sc(C)c(C)c2c(=O)[nH]1. The molecule has 7 heteroatoms. The van der Waals surface area contributed by atoms with Gasteiger partial charge in [-0.05, 0) is 25.8 Å². The zero-order valence-electron chi connectivity index (χ0n) is 13.0. The summed E-state index contributed by atoms with van der Waals surface area (Å²) in [6.45, 7) is 6.45. The molecule has 22 heavy (non-hydrogen) atoms. The summed E-state index contributed by atoms with van der Waals surface area (Å²) in [5.41, 5.74) is 0.889. The number of esters is 1. The Morgan fingerprint density at radius 2 is 2.18 bits per heavy atom. The maximum atomic E-state index is 12.1. The van der Waals surface area contributed by atoms with E-state index >= 15 is 0 Å². The van der Waals surface area contributed by atoms with Crippen molar-refractivity contribution in [1.82, 2.24) is 9.97 Å². The number of carbonyl (C=O) groups is 1. The van der Waals surface area contributed by atoms with Gasteiger partial charge in [0.2, 0.25) is 0 Å². The molecular weight excluding hydrogens is 320 g/mol. The van der Waals surface area contributed by atoms with E-state index in [1.54, 1.807) is 0 Å². The molecule has 0 aliphatic heterocycles. The van der Waals surface area contributed by atoms with Crippen molar-refractivity contribution in [3.63, 3.8) is 0 Å². The Morgan fingerprint density at radius 3 is 2.91 bits per heavy atom. The van der Waals surface area contributed by atoms with E-state index in [4.69, 9.17) is 4.74 Å². The van der Waals surface area contributed by atoms with Crippen molar-refractivity contribution in [3.8, 4) is 0 Å². The Labute approximate surface area is 137 Å². The van der Waals surface area contributed by atoms with Gasteiger partial charge in [0.1, 0.15) is 10.7 Å². The number of nitrogens with one attached hydrogen (secondary N) is 1. The minimum atomic E-state index is -0.218. The summed E-state index contributed by atoms with van der Waals surface area (Å²) in [4.78, 5) is 32.8. The van der Waals surface area contributed by atoms with Crippen LogP contribution in [0.1, 0.15) is 36.0 Å². The van der Waals surface area contributed by atoms with E-state index in [0.717, 1.165) is 28.1 Å². The first-order chi connectivity index (χ1) is 10.5. The van der Waals surface area contributed by atoms with Crippen molar-refractivity contribution >= 4 is 39.3 Å². The predicted molar refractivity (Wildman–Crippen MR) is 91.7 cm³/mol. The molecule has 0 aromatic carbocycles. The number of aromatic amines is 1. The lowest BCUT2D eigenvalue weighted by atomic mass is 10.2. The first kappa shape index (κ1) is 17.0. The molecule has 0 spiro atoms. The Kier molecular flexibility index (Phi) is 6.02. The van der Waals surface area contributed by atoms with Gasteiger partial charge < -0.3 is 9.72 Å². The lowest BCUT2D eigenvalue weighted by Gasteiger charge is -2.04. The molecule has 0 saturated heterocycles. The van der Waals surface area contributed by atoms with E-state index < -0.39 is 0 Å². The first-order valence-corrected chi connectivity index (χ1v) is 9.22. The number of carbonyl (C=O) groups excluding carboxylic acids is 1. The first-order valence-electron chi connectivity index (χ1n) is 7.25. The summed E-state index contributed by atoms with van der Waals surface area (Å²) in [5.74, 6) is 1.15. The minimum absolute atomic E-state index is 0.104. The number of thiophene rings is 1. The fourth-order valence-electron chi connectivity index (χ4n) is 1.97. The second-order valence-electron chi connectivity index (χ2n) is 5.04. The van der Waals surface area contributed by atoms with Crippen molar-refractivity contribution in [2.75, 3.05) is 12.4 Å². The number of aryl methyl sites for hydroxylation is 2. The molecule has 0 bridgehead atoms. The van der Waals surface area contributed by atoms with Crippen LogP contribution in [0.2, 0.25) is 0 Å². The molecule has 2 heterocycles. The number of rotatable bonds is 7. The number of hydrogen-bond donors (Lipinski definition) is 1. The van der Waals surface area contributed by atoms with Crippen LogP contribution in [-0.2, 0) is 15.3 Å². The average Bonchev–Trinajstić information content (AvgIpc) is 2.74. The molecule has 0 fully saturated rings. The molecule has 120 valence electrons. The summed E-state index contributed by atoms with van der Waals surface area (Å²) in [7, 11) is 0. The van der Waals surface area contributed by atoms with Crippen LogP contribution in [0.15, 0.2) is 4.79 Å². The van der Waals surface area contributed by atoms with E-state index in [0.29, 0.717) is 23.6 Å². The Hall–Kier alpha value is -1.34. The molecule has 0 unspecified atom stereocenters. The van der Waals surface area contributed by atoms with E-state index in [9.17, 15) is 9.59 Å². The normalized spacial score (nSPS) is 11.0. The van der Waals surface area contributed by atoms with Crippen LogP contribution in [0.5, 0.6) is 0 Å². The van der Waals surface area contributed by atoms with Crippen molar-refractivity contribution in [3.05, 3.63) is 26.6 Å². The van der Waals surface area contributed by atoms with Crippen molar-refractivity contribution in [2.45, 2.75) is 39.4 Å². The largest absolute Gasteiger partial charge is 0.465 e. The highest BCUT2D eigenvalue weighted by molar-refractivity contribution is 7.99. The lowest BCUT2D eigenvalue weighted by Crippen LogP contribution is -2.12. The maximum absolute atomic E-state index is 12.1. The highest BCUT2D eigenvalue weighted by Crippen LogP contribution is 2.26. The van der Waals surface area contributed by atoms with Gasteiger partial charge in [-0.1, -0.05) is 13.3 Å². The number of aromatic nitrogens is 2. The molecule has 2 rings (SSSR count). The maximum Gasteiger partial charge on any atom is 0.315 e. The summed E-state index contributed by atoms with van der Waals surface area (Å²) >= 11 is 2.93. The quantitative estimate of drug-likeness (QED) is 0.619. The molecule has 0 aliphatic rings. The standard InChI is InChI=1S/C15H20N2O3S2/c1-4-5-6-20-12(18)8-21-7-11-16-14(19)13-9(2)10(3)22-15(13)17-11/h4-8H2,1-3H3,(H,16,17,19). The third-order valence-electron chi connectivity index (χ3n) is 3.31. The summed E-state index contributed by atoms with van der Waals surface area (Å²) in [5, 5.41) is 0.676. The van der Waals surface area contributed by atoms with Crippen LogP contribution in [0.4, 0.5) is 0 Å². The van der Waals surface area contributed by atoms with Gasteiger partial charge >= 0.3 is 5.97 Å². The van der Waals surface area contributed by atoms with Crippen molar-refractivity contribution in [1.29, 1.82) is 0 Å². The molecule has 0 amide bonds. The number of unbranched alkanes of at least 4 members (excludes halogenated alkanes) is 1. The van der Waals surface area contributed by atoms with Crippen LogP contribution in [0.3, 0.4) is 0 Å². The third kappa shape index (κ3) is 4.10. The topological polar surface area (TPSA) is 72.0 Å². The highest BCUT2D eigenvalue weighted by atomic mass is 32.2.